The Kier molecular flexibility index (Phi) is 3.91. The third kappa shape index (κ3) is 3.24. The van der Waals surface area contributed by atoms with Gasteiger partial charge in [-0.2, -0.15) is 13.2 Å². The summed E-state index contributed by atoms with van der Waals surface area (Å²) in [7, 11) is 1.64. The lowest BCUT2D eigenvalue weighted by molar-refractivity contribution is -0.137. The van der Waals surface area contributed by atoms with Crippen molar-refractivity contribution in [3.05, 3.63) is 35.1 Å². The molecule has 0 radical (unpaired) electrons. The Morgan fingerprint density at radius 2 is 2.00 bits per heavy atom. The minimum absolute atomic E-state index is 0.245. The van der Waals surface area contributed by atoms with Gasteiger partial charge < -0.3 is 5.32 Å². The normalized spacial score (nSPS) is 10.8. The summed E-state index contributed by atoms with van der Waals surface area (Å²) in [4.78, 5) is 0. The molecule has 0 bridgehead atoms. The van der Waals surface area contributed by atoms with Gasteiger partial charge in [0.15, 0.2) is 0 Å². The van der Waals surface area contributed by atoms with Crippen LogP contribution in [-0.2, 0) is 6.18 Å². The number of hydrogen-bond acceptors (Lipinski definition) is 1. The number of nitrogens with one attached hydrogen (secondary N) is 1. The summed E-state index contributed by atoms with van der Waals surface area (Å²) in [5.41, 5.74) is -1.15. The Morgan fingerprint density at radius 3 is 2.56 bits per heavy atom. The second-order valence-corrected chi connectivity index (χ2v) is 3.02. The van der Waals surface area contributed by atoms with Gasteiger partial charge in [-0.1, -0.05) is 11.8 Å². The highest BCUT2D eigenvalue weighted by molar-refractivity contribution is 5.39. The largest absolute Gasteiger partial charge is 0.416 e. The molecular formula is C11H9F4N. The Hall–Kier alpha value is -1.54. The Bertz CT molecular complexity index is 426. The lowest BCUT2D eigenvalue weighted by atomic mass is 10.1. The lowest BCUT2D eigenvalue weighted by Gasteiger charge is -2.06. The first-order chi connectivity index (χ1) is 7.45. The maximum Gasteiger partial charge on any atom is 0.416 e. The maximum absolute atomic E-state index is 13.1. The van der Waals surface area contributed by atoms with Gasteiger partial charge >= 0.3 is 6.18 Å². The van der Waals surface area contributed by atoms with Gasteiger partial charge in [-0.15, -0.1) is 0 Å². The molecule has 5 heteroatoms. The number of alkyl halides is 3. The Morgan fingerprint density at radius 1 is 1.31 bits per heavy atom. The number of benzene rings is 1. The van der Waals surface area contributed by atoms with Crippen molar-refractivity contribution in [1.29, 1.82) is 0 Å². The molecule has 0 unspecified atom stereocenters. The zero-order valence-electron chi connectivity index (χ0n) is 8.45. The van der Waals surface area contributed by atoms with Gasteiger partial charge in [-0.3, -0.25) is 0 Å². The van der Waals surface area contributed by atoms with Gasteiger partial charge in [-0.05, 0) is 25.2 Å². The third-order valence-electron chi connectivity index (χ3n) is 1.78. The predicted octanol–water partition coefficient (Wildman–Crippen LogP) is 2.42. The molecule has 0 amide bonds. The predicted molar refractivity (Wildman–Crippen MR) is 52.2 cm³/mol. The zero-order chi connectivity index (χ0) is 12.2. The molecule has 0 spiro atoms. The average molecular weight is 231 g/mol. The van der Waals surface area contributed by atoms with Crippen LogP contribution < -0.4 is 5.32 Å². The van der Waals surface area contributed by atoms with E-state index < -0.39 is 17.6 Å². The van der Waals surface area contributed by atoms with Crippen molar-refractivity contribution in [2.45, 2.75) is 6.18 Å². The standard InChI is InChI=1S/C11H9F4N/c1-16-6-2-3-8-7-9(11(13,14)15)4-5-10(8)12/h4-5,7,16H,6H2,1H3. The SMILES string of the molecule is CNCC#Cc1cc(C(F)(F)F)ccc1F. The van der Waals surface area contributed by atoms with Crippen molar-refractivity contribution in [2.75, 3.05) is 13.6 Å². The van der Waals surface area contributed by atoms with Crippen LogP contribution in [0.15, 0.2) is 18.2 Å². The minimum Gasteiger partial charge on any atom is -0.309 e. The van der Waals surface area contributed by atoms with Crippen molar-refractivity contribution in [3.63, 3.8) is 0 Å². The summed E-state index contributed by atoms with van der Waals surface area (Å²) >= 11 is 0. The molecule has 1 aromatic carbocycles. The van der Waals surface area contributed by atoms with E-state index in [9.17, 15) is 17.6 Å². The van der Waals surface area contributed by atoms with E-state index in [1.54, 1.807) is 7.05 Å². The maximum atomic E-state index is 13.1. The molecule has 0 aliphatic carbocycles. The van der Waals surface area contributed by atoms with Gasteiger partial charge in [0.2, 0.25) is 0 Å². The fraction of sp³-hybridized carbons (Fsp3) is 0.273. The van der Waals surface area contributed by atoms with Crippen LogP contribution in [0.1, 0.15) is 11.1 Å². The van der Waals surface area contributed by atoms with Gasteiger partial charge in [-0.25, -0.2) is 4.39 Å². The van der Waals surface area contributed by atoms with E-state index in [1.165, 1.54) is 0 Å². The van der Waals surface area contributed by atoms with E-state index in [1.807, 2.05) is 0 Å². The van der Waals surface area contributed by atoms with Crippen LogP contribution in [0.4, 0.5) is 17.6 Å². The van der Waals surface area contributed by atoms with Crippen molar-refractivity contribution in [3.8, 4) is 11.8 Å². The van der Waals surface area contributed by atoms with Crippen LogP contribution in [0.5, 0.6) is 0 Å². The van der Waals surface area contributed by atoms with Crippen LogP contribution >= 0.6 is 0 Å². The molecule has 0 aromatic heterocycles. The van der Waals surface area contributed by atoms with Crippen LogP contribution in [0.2, 0.25) is 0 Å². The first-order valence-corrected chi connectivity index (χ1v) is 4.45. The van der Waals surface area contributed by atoms with Crippen molar-refractivity contribution >= 4 is 0 Å². The summed E-state index contributed by atoms with van der Waals surface area (Å²) in [6.45, 7) is 0.287. The summed E-state index contributed by atoms with van der Waals surface area (Å²) < 4.78 is 50.0. The van der Waals surface area contributed by atoms with Crippen molar-refractivity contribution in [1.82, 2.24) is 5.32 Å². The molecule has 1 rings (SSSR count). The third-order valence-corrected chi connectivity index (χ3v) is 1.78. The first kappa shape index (κ1) is 12.5. The number of hydrogen-bond donors (Lipinski definition) is 1. The molecule has 0 saturated carbocycles. The molecule has 1 N–H and O–H groups in total. The summed E-state index contributed by atoms with van der Waals surface area (Å²) in [5, 5.41) is 2.68. The molecule has 16 heavy (non-hydrogen) atoms. The quantitative estimate of drug-likeness (QED) is 0.578. The van der Waals surface area contributed by atoms with Crippen molar-refractivity contribution < 1.29 is 17.6 Å². The fourth-order valence-corrected chi connectivity index (χ4v) is 1.03. The van der Waals surface area contributed by atoms with E-state index in [4.69, 9.17) is 0 Å². The van der Waals surface area contributed by atoms with Gasteiger partial charge in [0.1, 0.15) is 5.82 Å². The zero-order valence-corrected chi connectivity index (χ0v) is 8.45. The highest BCUT2D eigenvalue weighted by Crippen LogP contribution is 2.30. The molecule has 0 atom stereocenters. The number of halogens is 4. The van der Waals surface area contributed by atoms with E-state index in [2.05, 4.69) is 17.2 Å². The van der Waals surface area contributed by atoms with Gasteiger partial charge in [0.05, 0.1) is 17.7 Å². The number of rotatable bonds is 1. The monoisotopic (exact) mass is 231 g/mol. The van der Waals surface area contributed by atoms with Gasteiger partial charge in [0.25, 0.3) is 0 Å². The molecule has 1 nitrogen and oxygen atoms in total. The highest BCUT2D eigenvalue weighted by Gasteiger charge is 2.30. The van der Waals surface area contributed by atoms with E-state index >= 15 is 0 Å². The first-order valence-electron chi connectivity index (χ1n) is 4.45. The molecule has 86 valence electrons. The molecule has 0 aliphatic rings. The Labute approximate surface area is 90.5 Å². The molecule has 0 fully saturated rings. The van der Waals surface area contributed by atoms with E-state index in [-0.39, 0.29) is 12.1 Å². The van der Waals surface area contributed by atoms with Crippen molar-refractivity contribution in [2.24, 2.45) is 0 Å². The van der Waals surface area contributed by atoms with E-state index in [0.29, 0.717) is 12.1 Å². The molecule has 1 aromatic rings. The van der Waals surface area contributed by atoms with Crippen LogP contribution in [0, 0.1) is 17.7 Å². The average Bonchev–Trinajstić information content (AvgIpc) is 2.19. The van der Waals surface area contributed by atoms with Crippen LogP contribution in [-0.4, -0.2) is 13.6 Å². The molecular weight excluding hydrogens is 222 g/mol. The topological polar surface area (TPSA) is 12.0 Å². The summed E-state index contributed by atoms with van der Waals surface area (Å²) in [6.07, 6.45) is -4.48. The summed E-state index contributed by atoms with van der Waals surface area (Å²) in [5.74, 6) is 4.09. The second-order valence-electron chi connectivity index (χ2n) is 3.02. The minimum atomic E-state index is -4.48. The second kappa shape index (κ2) is 4.99. The summed E-state index contributed by atoms with van der Waals surface area (Å²) in [6, 6.07) is 2.17. The van der Waals surface area contributed by atoms with Crippen LogP contribution in [0.3, 0.4) is 0 Å². The lowest BCUT2D eigenvalue weighted by Crippen LogP contribution is -2.06. The smallest absolute Gasteiger partial charge is 0.309 e. The van der Waals surface area contributed by atoms with Crippen LogP contribution in [0.25, 0.3) is 0 Å². The fourth-order valence-electron chi connectivity index (χ4n) is 1.03. The van der Waals surface area contributed by atoms with E-state index in [0.717, 1.165) is 6.07 Å². The molecule has 0 heterocycles. The van der Waals surface area contributed by atoms with Gasteiger partial charge in [0, 0.05) is 0 Å². The highest BCUT2D eigenvalue weighted by atomic mass is 19.4. The molecule has 0 aliphatic heterocycles. The Balaban J connectivity index is 3.06. The molecule has 0 saturated heterocycles.